The van der Waals surface area contributed by atoms with E-state index in [-0.39, 0.29) is 24.2 Å². The summed E-state index contributed by atoms with van der Waals surface area (Å²) in [6, 6.07) is 7.65. The fourth-order valence-electron chi connectivity index (χ4n) is 3.16. The molecule has 1 fully saturated rings. The topological polar surface area (TPSA) is 70.6 Å². The lowest BCUT2D eigenvalue weighted by molar-refractivity contribution is -0.133. The predicted octanol–water partition coefficient (Wildman–Crippen LogP) is 1.35. The van der Waals surface area contributed by atoms with Crippen molar-refractivity contribution in [1.29, 1.82) is 0 Å². The molecule has 1 aliphatic rings. The first-order valence-corrected chi connectivity index (χ1v) is 9.36. The standard InChI is InChI=1S/C20H26FN5O2/c1-25(2)19-10-17(23-14-24-19)9-15-11-22-7-8-26(12-15)20(27)13-28-18-5-3-16(21)4-6-18/h3-6,10,14-15,22H,7-9,11-13H2,1-2H3. The number of carbonyl (C=O) groups is 1. The second kappa shape index (κ2) is 9.45. The van der Waals surface area contributed by atoms with Gasteiger partial charge >= 0.3 is 0 Å². The molecule has 0 aliphatic carbocycles. The number of hydrogen-bond acceptors (Lipinski definition) is 6. The molecule has 1 aliphatic heterocycles. The van der Waals surface area contributed by atoms with Gasteiger partial charge in [0.1, 0.15) is 23.7 Å². The Morgan fingerprint density at radius 1 is 1.32 bits per heavy atom. The van der Waals surface area contributed by atoms with Gasteiger partial charge in [0.25, 0.3) is 5.91 Å². The van der Waals surface area contributed by atoms with Crippen molar-refractivity contribution in [1.82, 2.24) is 20.2 Å². The van der Waals surface area contributed by atoms with Gasteiger partial charge in [-0.05, 0) is 36.6 Å². The van der Waals surface area contributed by atoms with Crippen molar-refractivity contribution in [3.63, 3.8) is 0 Å². The Morgan fingerprint density at radius 2 is 2.11 bits per heavy atom. The van der Waals surface area contributed by atoms with Crippen LogP contribution in [0.15, 0.2) is 36.7 Å². The molecule has 0 spiro atoms. The van der Waals surface area contributed by atoms with Crippen LogP contribution in [0.4, 0.5) is 10.2 Å². The van der Waals surface area contributed by atoms with Crippen LogP contribution in [0.2, 0.25) is 0 Å². The maximum atomic E-state index is 13.0. The molecule has 3 rings (SSSR count). The lowest BCUT2D eigenvalue weighted by Crippen LogP contribution is -2.39. The van der Waals surface area contributed by atoms with Crippen LogP contribution < -0.4 is 15.0 Å². The second-order valence-electron chi connectivity index (χ2n) is 7.12. The molecule has 1 saturated heterocycles. The summed E-state index contributed by atoms with van der Waals surface area (Å²) in [5, 5.41) is 3.39. The Kier molecular flexibility index (Phi) is 6.76. The maximum absolute atomic E-state index is 13.0. The zero-order valence-corrected chi connectivity index (χ0v) is 16.3. The summed E-state index contributed by atoms with van der Waals surface area (Å²) >= 11 is 0. The van der Waals surface area contributed by atoms with E-state index >= 15 is 0 Å². The fourth-order valence-corrected chi connectivity index (χ4v) is 3.16. The van der Waals surface area contributed by atoms with E-state index in [1.807, 2.05) is 30.0 Å². The highest BCUT2D eigenvalue weighted by Crippen LogP contribution is 2.15. The van der Waals surface area contributed by atoms with E-state index in [9.17, 15) is 9.18 Å². The average Bonchev–Trinajstić information content (AvgIpc) is 2.93. The van der Waals surface area contributed by atoms with Crippen LogP contribution in [0.1, 0.15) is 5.69 Å². The van der Waals surface area contributed by atoms with Crippen LogP contribution in [0.3, 0.4) is 0 Å². The highest BCUT2D eigenvalue weighted by molar-refractivity contribution is 5.77. The summed E-state index contributed by atoms with van der Waals surface area (Å²) in [7, 11) is 3.89. The number of halogens is 1. The van der Waals surface area contributed by atoms with Gasteiger partial charge in [-0.3, -0.25) is 4.79 Å². The summed E-state index contributed by atoms with van der Waals surface area (Å²) in [6.45, 7) is 2.78. The summed E-state index contributed by atoms with van der Waals surface area (Å²) in [4.78, 5) is 25.0. The van der Waals surface area contributed by atoms with Crippen molar-refractivity contribution >= 4 is 11.7 Å². The molecule has 0 bridgehead atoms. The van der Waals surface area contributed by atoms with Crippen molar-refractivity contribution in [3.05, 3.63) is 48.2 Å². The van der Waals surface area contributed by atoms with Gasteiger partial charge in [0.15, 0.2) is 6.61 Å². The van der Waals surface area contributed by atoms with Gasteiger partial charge in [-0.2, -0.15) is 0 Å². The first-order chi connectivity index (χ1) is 13.5. The first-order valence-electron chi connectivity index (χ1n) is 9.36. The molecule has 0 saturated carbocycles. The van der Waals surface area contributed by atoms with E-state index in [0.717, 1.165) is 31.0 Å². The first kappa shape index (κ1) is 20.0. The highest BCUT2D eigenvalue weighted by Gasteiger charge is 2.23. The summed E-state index contributed by atoms with van der Waals surface area (Å²) in [5.41, 5.74) is 0.961. The number of rotatable bonds is 6. The molecule has 1 unspecified atom stereocenters. The van der Waals surface area contributed by atoms with Crippen LogP contribution in [-0.4, -0.2) is 67.7 Å². The van der Waals surface area contributed by atoms with Crippen molar-refractivity contribution in [2.24, 2.45) is 5.92 Å². The monoisotopic (exact) mass is 387 g/mol. The lowest BCUT2D eigenvalue weighted by Gasteiger charge is -2.24. The van der Waals surface area contributed by atoms with Crippen LogP contribution in [-0.2, 0) is 11.2 Å². The molecular weight excluding hydrogens is 361 g/mol. The van der Waals surface area contributed by atoms with E-state index in [1.165, 1.54) is 24.3 Å². The van der Waals surface area contributed by atoms with E-state index in [2.05, 4.69) is 15.3 Å². The number of benzene rings is 1. The number of hydrogen-bond donors (Lipinski definition) is 1. The van der Waals surface area contributed by atoms with E-state index in [4.69, 9.17) is 4.74 Å². The lowest BCUT2D eigenvalue weighted by atomic mass is 10.0. The number of aromatic nitrogens is 2. The third-order valence-electron chi connectivity index (χ3n) is 4.66. The number of nitrogens with one attached hydrogen (secondary N) is 1. The number of nitrogens with zero attached hydrogens (tertiary/aromatic N) is 4. The molecule has 2 heterocycles. The zero-order valence-electron chi connectivity index (χ0n) is 16.3. The Hall–Kier alpha value is -2.74. The number of amides is 1. The second-order valence-corrected chi connectivity index (χ2v) is 7.12. The Bertz CT molecular complexity index is 784. The van der Waals surface area contributed by atoms with Gasteiger partial charge in [0.2, 0.25) is 0 Å². The molecule has 150 valence electrons. The smallest absolute Gasteiger partial charge is 0.260 e. The molecular formula is C20H26FN5O2. The third kappa shape index (κ3) is 5.63. The van der Waals surface area contributed by atoms with E-state index in [1.54, 1.807) is 6.33 Å². The van der Waals surface area contributed by atoms with Gasteiger partial charge in [-0.1, -0.05) is 0 Å². The normalized spacial score (nSPS) is 17.1. The van der Waals surface area contributed by atoms with Crippen molar-refractivity contribution in [3.8, 4) is 5.75 Å². The molecule has 1 N–H and O–H groups in total. The Balaban J connectivity index is 1.57. The van der Waals surface area contributed by atoms with Gasteiger partial charge < -0.3 is 19.9 Å². The molecule has 2 aromatic rings. The van der Waals surface area contributed by atoms with Crippen molar-refractivity contribution < 1.29 is 13.9 Å². The Morgan fingerprint density at radius 3 is 2.86 bits per heavy atom. The minimum Gasteiger partial charge on any atom is -0.484 e. The Labute approximate surface area is 164 Å². The van der Waals surface area contributed by atoms with Crippen molar-refractivity contribution in [2.75, 3.05) is 51.8 Å². The summed E-state index contributed by atoms with van der Waals surface area (Å²) in [6.07, 6.45) is 2.34. The summed E-state index contributed by atoms with van der Waals surface area (Å²) in [5.74, 6) is 1.20. The number of ether oxygens (including phenoxy) is 1. The minimum atomic E-state index is -0.331. The number of anilines is 1. The fraction of sp³-hybridized carbons (Fsp3) is 0.450. The predicted molar refractivity (Wildman–Crippen MR) is 105 cm³/mol. The molecule has 7 nitrogen and oxygen atoms in total. The van der Waals surface area contributed by atoms with Crippen molar-refractivity contribution in [2.45, 2.75) is 6.42 Å². The highest BCUT2D eigenvalue weighted by atomic mass is 19.1. The van der Waals surface area contributed by atoms with Crippen LogP contribution in [0.5, 0.6) is 5.75 Å². The third-order valence-corrected chi connectivity index (χ3v) is 4.66. The van der Waals surface area contributed by atoms with E-state index < -0.39 is 0 Å². The largest absolute Gasteiger partial charge is 0.484 e. The molecule has 1 aromatic carbocycles. The minimum absolute atomic E-state index is 0.0589. The molecule has 28 heavy (non-hydrogen) atoms. The van der Waals surface area contributed by atoms with Gasteiger partial charge in [-0.15, -0.1) is 0 Å². The van der Waals surface area contributed by atoms with Gasteiger partial charge in [0.05, 0.1) is 0 Å². The molecule has 8 heteroatoms. The quantitative estimate of drug-likeness (QED) is 0.807. The van der Waals surface area contributed by atoms with Gasteiger partial charge in [-0.25, -0.2) is 14.4 Å². The molecule has 1 aromatic heterocycles. The van der Waals surface area contributed by atoms with Gasteiger partial charge in [0, 0.05) is 52.0 Å². The van der Waals surface area contributed by atoms with E-state index in [0.29, 0.717) is 18.8 Å². The summed E-state index contributed by atoms with van der Waals surface area (Å²) < 4.78 is 18.5. The zero-order chi connectivity index (χ0) is 19.9. The van der Waals surface area contributed by atoms with Crippen LogP contribution >= 0.6 is 0 Å². The molecule has 0 radical (unpaired) electrons. The average molecular weight is 387 g/mol. The maximum Gasteiger partial charge on any atom is 0.260 e. The van der Waals surface area contributed by atoms with Crippen LogP contribution in [0.25, 0.3) is 0 Å². The molecule has 1 atom stereocenters. The SMILES string of the molecule is CN(C)c1cc(CC2CNCCN(C(=O)COc3ccc(F)cc3)C2)ncn1. The number of carbonyl (C=O) groups excluding carboxylic acids is 1. The molecule has 1 amide bonds. The van der Waals surface area contributed by atoms with Crippen LogP contribution in [0, 0.1) is 11.7 Å².